The first-order chi connectivity index (χ1) is 8.55. The van der Waals surface area contributed by atoms with E-state index in [2.05, 4.69) is 11.9 Å². The number of fused-ring (bicyclic) bond motifs is 1. The maximum absolute atomic E-state index is 13.1. The molecule has 0 saturated carbocycles. The number of carbonyl (C=O) groups excluding carboxylic acids is 2. The van der Waals surface area contributed by atoms with Crippen LogP contribution in [0, 0.1) is 5.82 Å². The van der Waals surface area contributed by atoms with E-state index in [0.717, 1.165) is 6.07 Å². The van der Waals surface area contributed by atoms with Crippen molar-refractivity contribution in [3.8, 4) is 0 Å². The standard InChI is InChI=1S/C13H12FNO3/c1-3-6-13(12(17)18-2)10-5-4-8(14)7-9(10)11(16)15-13/h3-5,7H,1,6H2,2H3,(H,15,16)/t13-/m0/s1. The van der Waals surface area contributed by atoms with Gasteiger partial charge in [0, 0.05) is 17.5 Å². The Morgan fingerprint density at radius 3 is 2.94 bits per heavy atom. The van der Waals surface area contributed by atoms with Gasteiger partial charge in [-0.2, -0.15) is 0 Å². The third kappa shape index (κ3) is 1.59. The predicted octanol–water partition coefficient (Wildman–Crippen LogP) is 1.51. The van der Waals surface area contributed by atoms with E-state index < -0.39 is 23.2 Å². The van der Waals surface area contributed by atoms with E-state index in [4.69, 9.17) is 4.74 Å². The number of ether oxygens (including phenoxy) is 1. The molecule has 1 N–H and O–H groups in total. The Morgan fingerprint density at radius 1 is 1.61 bits per heavy atom. The number of rotatable bonds is 3. The summed E-state index contributed by atoms with van der Waals surface area (Å²) in [5.41, 5.74) is -0.723. The highest BCUT2D eigenvalue weighted by atomic mass is 19.1. The van der Waals surface area contributed by atoms with Gasteiger partial charge in [0.25, 0.3) is 5.91 Å². The molecule has 5 heteroatoms. The van der Waals surface area contributed by atoms with Crippen LogP contribution in [0.1, 0.15) is 22.3 Å². The van der Waals surface area contributed by atoms with Crippen molar-refractivity contribution >= 4 is 11.9 Å². The molecule has 0 radical (unpaired) electrons. The number of hydrogen-bond acceptors (Lipinski definition) is 3. The number of esters is 1. The van der Waals surface area contributed by atoms with Gasteiger partial charge in [-0.25, -0.2) is 9.18 Å². The van der Waals surface area contributed by atoms with Crippen LogP contribution in [0.3, 0.4) is 0 Å². The van der Waals surface area contributed by atoms with Gasteiger partial charge < -0.3 is 10.1 Å². The van der Waals surface area contributed by atoms with Crippen molar-refractivity contribution in [2.75, 3.05) is 7.11 Å². The Bertz CT molecular complexity index is 541. The van der Waals surface area contributed by atoms with Crippen LogP contribution in [0.2, 0.25) is 0 Å². The van der Waals surface area contributed by atoms with Crippen LogP contribution in [-0.4, -0.2) is 19.0 Å². The summed E-state index contributed by atoms with van der Waals surface area (Å²) < 4.78 is 17.9. The number of methoxy groups -OCH3 is 1. The number of amides is 1. The van der Waals surface area contributed by atoms with E-state index in [9.17, 15) is 14.0 Å². The van der Waals surface area contributed by atoms with Crippen LogP contribution in [0.4, 0.5) is 4.39 Å². The summed E-state index contributed by atoms with van der Waals surface area (Å²) in [6.45, 7) is 3.57. The average molecular weight is 249 g/mol. The molecule has 0 aliphatic carbocycles. The monoisotopic (exact) mass is 249 g/mol. The topological polar surface area (TPSA) is 55.4 Å². The van der Waals surface area contributed by atoms with Crippen molar-refractivity contribution in [3.05, 3.63) is 47.8 Å². The maximum atomic E-state index is 13.1. The molecule has 2 rings (SSSR count). The van der Waals surface area contributed by atoms with Gasteiger partial charge in [-0.3, -0.25) is 4.79 Å². The first-order valence-electron chi connectivity index (χ1n) is 5.37. The summed E-state index contributed by atoms with van der Waals surface area (Å²) >= 11 is 0. The maximum Gasteiger partial charge on any atom is 0.336 e. The minimum atomic E-state index is -1.30. The minimum Gasteiger partial charge on any atom is -0.467 e. The van der Waals surface area contributed by atoms with E-state index in [1.54, 1.807) is 0 Å². The molecule has 0 fully saturated rings. The lowest BCUT2D eigenvalue weighted by Crippen LogP contribution is -2.46. The molecule has 0 aromatic heterocycles. The van der Waals surface area contributed by atoms with Gasteiger partial charge in [0.05, 0.1) is 7.11 Å². The van der Waals surface area contributed by atoms with Gasteiger partial charge in [0.15, 0.2) is 5.54 Å². The highest BCUT2D eigenvalue weighted by molar-refractivity contribution is 6.05. The lowest BCUT2D eigenvalue weighted by molar-refractivity contribution is -0.148. The molecule has 1 aliphatic heterocycles. The van der Waals surface area contributed by atoms with Gasteiger partial charge in [-0.05, 0) is 12.1 Å². The average Bonchev–Trinajstić information content (AvgIpc) is 2.63. The molecular weight excluding hydrogens is 237 g/mol. The summed E-state index contributed by atoms with van der Waals surface area (Å²) in [7, 11) is 1.24. The Hall–Kier alpha value is -2.17. The van der Waals surface area contributed by atoms with Crippen molar-refractivity contribution in [1.82, 2.24) is 5.32 Å². The SMILES string of the molecule is C=CC[C@]1(C(=O)OC)NC(=O)c2cc(F)ccc21. The van der Waals surface area contributed by atoms with Crippen molar-refractivity contribution in [3.63, 3.8) is 0 Å². The normalized spacial score (nSPS) is 21.1. The van der Waals surface area contributed by atoms with Crippen LogP contribution in [0.25, 0.3) is 0 Å². The summed E-state index contributed by atoms with van der Waals surface area (Å²) in [4.78, 5) is 23.7. The van der Waals surface area contributed by atoms with Crippen molar-refractivity contribution < 1.29 is 18.7 Å². The molecule has 1 heterocycles. The number of nitrogens with one attached hydrogen (secondary N) is 1. The van der Waals surface area contributed by atoms with Crippen molar-refractivity contribution in [2.24, 2.45) is 0 Å². The van der Waals surface area contributed by atoms with Crippen LogP contribution in [0.15, 0.2) is 30.9 Å². The van der Waals surface area contributed by atoms with Crippen molar-refractivity contribution in [2.45, 2.75) is 12.0 Å². The molecule has 94 valence electrons. The third-order valence-electron chi connectivity index (χ3n) is 3.00. The number of hydrogen-bond donors (Lipinski definition) is 1. The molecule has 0 unspecified atom stereocenters. The molecule has 1 aromatic rings. The molecule has 1 amide bonds. The first kappa shape index (κ1) is 12.3. The van der Waals surface area contributed by atoms with Gasteiger partial charge in [-0.15, -0.1) is 6.58 Å². The van der Waals surface area contributed by atoms with Crippen LogP contribution < -0.4 is 5.32 Å². The zero-order chi connectivity index (χ0) is 13.3. The summed E-state index contributed by atoms with van der Waals surface area (Å²) in [5, 5.41) is 2.56. The third-order valence-corrected chi connectivity index (χ3v) is 3.00. The lowest BCUT2D eigenvalue weighted by atomic mass is 9.87. The van der Waals surface area contributed by atoms with Gasteiger partial charge in [0.1, 0.15) is 5.82 Å². The molecule has 0 saturated heterocycles. The second-order valence-electron chi connectivity index (χ2n) is 4.03. The minimum absolute atomic E-state index is 0.155. The number of halogens is 1. The molecule has 18 heavy (non-hydrogen) atoms. The predicted molar refractivity (Wildman–Crippen MR) is 62.4 cm³/mol. The molecule has 0 spiro atoms. The zero-order valence-electron chi connectivity index (χ0n) is 9.83. The molecular formula is C13H12FNO3. The van der Waals surface area contributed by atoms with Gasteiger partial charge in [0.2, 0.25) is 0 Å². The molecule has 1 atom stereocenters. The van der Waals surface area contributed by atoms with E-state index in [1.165, 1.54) is 25.3 Å². The lowest BCUT2D eigenvalue weighted by Gasteiger charge is -2.25. The summed E-state index contributed by atoms with van der Waals surface area (Å²) in [5.74, 6) is -1.61. The number of benzene rings is 1. The van der Waals surface area contributed by atoms with Gasteiger partial charge >= 0.3 is 5.97 Å². The van der Waals surface area contributed by atoms with Crippen molar-refractivity contribution in [1.29, 1.82) is 0 Å². The fraction of sp³-hybridized carbons (Fsp3) is 0.231. The fourth-order valence-corrected chi connectivity index (χ4v) is 2.20. The van der Waals surface area contributed by atoms with Crippen LogP contribution in [0.5, 0.6) is 0 Å². The highest BCUT2D eigenvalue weighted by Crippen LogP contribution is 2.35. The van der Waals surface area contributed by atoms with Crippen LogP contribution in [-0.2, 0) is 15.1 Å². The highest BCUT2D eigenvalue weighted by Gasteiger charge is 2.49. The molecule has 1 aromatic carbocycles. The van der Waals surface area contributed by atoms with Gasteiger partial charge in [-0.1, -0.05) is 12.1 Å². The Balaban J connectivity index is 2.63. The molecule has 1 aliphatic rings. The molecule has 0 bridgehead atoms. The first-order valence-corrected chi connectivity index (χ1v) is 5.37. The number of carbonyl (C=O) groups is 2. The summed E-state index contributed by atoms with van der Waals surface area (Å²) in [6.07, 6.45) is 1.69. The van der Waals surface area contributed by atoms with E-state index in [0.29, 0.717) is 5.56 Å². The van der Waals surface area contributed by atoms with E-state index >= 15 is 0 Å². The van der Waals surface area contributed by atoms with E-state index in [-0.39, 0.29) is 12.0 Å². The fourth-order valence-electron chi connectivity index (χ4n) is 2.20. The Kier molecular flexibility index (Phi) is 2.90. The smallest absolute Gasteiger partial charge is 0.336 e. The quantitative estimate of drug-likeness (QED) is 0.652. The van der Waals surface area contributed by atoms with E-state index in [1.807, 2.05) is 0 Å². The Morgan fingerprint density at radius 2 is 2.33 bits per heavy atom. The second-order valence-corrected chi connectivity index (χ2v) is 4.03. The molecule has 4 nitrogen and oxygen atoms in total. The van der Waals surface area contributed by atoms with Crippen LogP contribution >= 0.6 is 0 Å². The largest absolute Gasteiger partial charge is 0.467 e. The zero-order valence-corrected chi connectivity index (χ0v) is 9.83. The summed E-state index contributed by atoms with van der Waals surface area (Å²) in [6, 6.07) is 3.74. The Labute approximate surface area is 103 Å². The second kappa shape index (κ2) is 4.25.